The van der Waals surface area contributed by atoms with E-state index >= 15 is 0 Å². The standard InChI is InChI=1S/C6H5.2C3H7.Mo.2H3O3PS/c1-2-4-6-5-3-1;2*1-3-2;;2*1-4(2,3)5/h1-5H;2*1,3H2,2H3;;2*(H3,1,2,3,5)/q3*-1;+3;;. The summed E-state index contributed by atoms with van der Waals surface area (Å²) in [6.45, 7) is 3.39. The van der Waals surface area contributed by atoms with Gasteiger partial charge >= 0.3 is 34.5 Å². The van der Waals surface area contributed by atoms with Gasteiger partial charge in [0.1, 0.15) is 0 Å². The molecule has 1 aromatic carbocycles. The summed E-state index contributed by atoms with van der Waals surface area (Å²) in [4.78, 5) is 45.3. The second-order valence-electron chi connectivity index (χ2n) is 3.10. The van der Waals surface area contributed by atoms with Crippen molar-refractivity contribution in [3.63, 3.8) is 0 Å². The molecule has 0 atom stereocenters. The number of hydrogen-bond acceptors (Lipinski definition) is 2. The van der Waals surface area contributed by atoms with E-state index in [4.69, 9.17) is 29.4 Å². The van der Waals surface area contributed by atoms with Crippen LogP contribution in [0.2, 0.25) is 0 Å². The molecule has 137 valence electrons. The predicted molar refractivity (Wildman–Crippen MR) is 98.5 cm³/mol. The van der Waals surface area contributed by atoms with Crippen LogP contribution >= 0.6 is 13.4 Å². The van der Waals surface area contributed by atoms with E-state index in [2.05, 4.69) is 43.5 Å². The summed E-state index contributed by atoms with van der Waals surface area (Å²) in [5.41, 5.74) is 0. The summed E-state index contributed by atoms with van der Waals surface area (Å²) in [6.07, 6.45) is 2.00. The van der Waals surface area contributed by atoms with Crippen molar-refractivity contribution in [1.29, 1.82) is 0 Å². The third kappa shape index (κ3) is 208. The molecule has 0 spiro atoms. The Morgan fingerprint density at radius 2 is 0.957 bits per heavy atom. The van der Waals surface area contributed by atoms with Crippen LogP contribution in [0.4, 0.5) is 0 Å². The van der Waals surface area contributed by atoms with Gasteiger partial charge < -0.3 is 43.2 Å². The summed E-state index contributed by atoms with van der Waals surface area (Å²) in [5, 5.41) is 0. The van der Waals surface area contributed by atoms with Gasteiger partial charge in [-0.3, -0.25) is 0 Å². The maximum absolute atomic E-state index is 7.56. The van der Waals surface area contributed by atoms with Crippen LogP contribution < -0.4 is 0 Å². The van der Waals surface area contributed by atoms with E-state index in [-0.39, 0.29) is 21.1 Å². The first-order valence-corrected chi connectivity index (χ1v) is 11.2. The normalized spacial score (nSPS) is 8.78. The Hall–Kier alpha value is 0.968. The molecule has 23 heavy (non-hydrogen) atoms. The van der Waals surface area contributed by atoms with Gasteiger partial charge in [0.25, 0.3) is 0 Å². The SMILES string of the molecule is OP(O)(O)=S.OP(O)(O)=S.[CH2-]CC.[CH2-]CC.[Mo+3].[c-]1ccccc1. The zero-order valence-corrected chi connectivity index (χ0v) is 18.4. The van der Waals surface area contributed by atoms with E-state index < -0.39 is 13.4 Å². The van der Waals surface area contributed by atoms with E-state index in [1.54, 1.807) is 0 Å². The molecule has 6 nitrogen and oxygen atoms in total. The van der Waals surface area contributed by atoms with E-state index in [9.17, 15) is 0 Å². The Balaban J connectivity index is -0.0000000598. The maximum atomic E-state index is 7.56. The van der Waals surface area contributed by atoms with Crippen LogP contribution in [0.25, 0.3) is 0 Å². The zero-order chi connectivity index (χ0) is 18.7. The summed E-state index contributed by atoms with van der Waals surface area (Å²) < 4.78 is 0. The average Bonchev–Trinajstić information content (AvgIpc) is 2.29. The molecule has 0 amide bonds. The fourth-order valence-electron chi connectivity index (χ4n) is 0.342. The molecule has 0 saturated carbocycles. The van der Waals surface area contributed by atoms with Gasteiger partial charge in [-0.05, 0) is 23.6 Å². The molecule has 0 aromatic heterocycles. The van der Waals surface area contributed by atoms with Crippen LogP contribution in [0.3, 0.4) is 0 Å². The Morgan fingerprint density at radius 3 is 1.00 bits per heavy atom. The first-order chi connectivity index (χ1) is 9.83. The molecule has 1 rings (SSSR count). The molecular weight excluding hydrogens is 462 g/mol. The van der Waals surface area contributed by atoms with Gasteiger partial charge in [0, 0.05) is 0 Å². The van der Waals surface area contributed by atoms with Crippen molar-refractivity contribution in [3.8, 4) is 0 Å². The van der Waals surface area contributed by atoms with Crippen LogP contribution in [-0.2, 0) is 44.7 Å². The predicted octanol–water partition coefficient (Wildman–Crippen LogP) is 2.32. The Bertz CT molecular complexity index is 321. The van der Waals surface area contributed by atoms with Crippen LogP contribution in [0.15, 0.2) is 30.3 Å². The largest absolute Gasteiger partial charge is 3.00 e. The summed E-state index contributed by atoms with van der Waals surface area (Å²) in [7, 11) is 0. The van der Waals surface area contributed by atoms with E-state index in [1.807, 2.05) is 44.2 Å². The quantitative estimate of drug-likeness (QED) is 0.187. The van der Waals surface area contributed by atoms with Gasteiger partial charge in [0.05, 0.1) is 0 Å². The van der Waals surface area contributed by atoms with Crippen LogP contribution in [-0.4, -0.2) is 29.4 Å². The van der Waals surface area contributed by atoms with Crippen molar-refractivity contribution in [3.05, 3.63) is 50.2 Å². The molecule has 1 radical (unpaired) electrons. The molecule has 0 saturated heterocycles. The van der Waals surface area contributed by atoms with E-state index in [1.165, 1.54) is 0 Å². The molecule has 0 unspecified atom stereocenters. The van der Waals surface area contributed by atoms with Crippen molar-refractivity contribution in [1.82, 2.24) is 0 Å². The fraction of sp³-hybridized carbons (Fsp3) is 0.333. The minimum atomic E-state index is -3.81. The summed E-state index contributed by atoms with van der Waals surface area (Å²) in [6, 6.07) is 12.5. The molecule has 0 aliphatic heterocycles. The van der Waals surface area contributed by atoms with Gasteiger partial charge in [-0.2, -0.15) is 49.2 Å². The molecule has 11 heteroatoms. The average molecular weight is 487 g/mol. The number of hydrogen-bond donors (Lipinski definition) is 6. The molecule has 1 aromatic rings. The number of benzene rings is 1. The molecule has 0 heterocycles. The second kappa shape index (κ2) is 25.2. The van der Waals surface area contributed by atoms with E-state index in [0.717, 1.165) is 12.8 Å². The van der Waals surface area contributed by atoms with Gasteiger partial charge in [0.2, 0.25) is 0 Å². The smallest absolute Gasteiger partial charge is 0.344 e. The minimum Gasteiger partial charge on any atom is -0.344 e. The van der Waals surface area contributed by atoms with E-state index in [0.29, 0.717) is 0 Å². The molecular formula is C12H25MoO6P2S2. The topological polar surface area (TPSA) is 121 Å². The van der Waals surface area contributed by atoms with Crippen LogP contribution in [0, 0.1) is 19.9 Å². The first-order valence-electron chi connectivity index (χ1n) is 5.89. The molecule has 0 aliphatic carbocycles. The Morgan fingerprint density at radius 1 is 0.783 bits per heavy atom. The maximum Gasteiger partial charge on any atom is 3.00 e. The molecule has 6 N–H and O–H groups in total. The molecule has 0 fully saturated rings. The Labute approximate surface area is 164 Å². The fourth-order valence-corrected chi connectivity index (χ4v) is 0.342. The summed E-state index contributed by atoms with van der Waals surface area (Å²) in [5.74, 6) is 0. The van der Waals surface area contributed by atoms with Gasteiger partial charge in [0.15, 0.2) is 0 Å². The third-order valence-corrected chi connectivity index (χ3v) is 0.607. The monoisotopic (exact) mass is 489 g/mol. The third-order valence-electron chi connectivity index (χ3n) is 0.607. The van der Waals surface area contributed by atoms with Crippen molar-refractivity contribution in [2.45, 2.75) is 26.7 Å². The summed E-state index contributed by atoms with van der Waals surface area (Å²) >= 11 is 7.21. The van der Waals surface area contributed by atoms with Gasteiger partial charge in [-0.15, -0.1) is 0 Å². The van der Waals surface area contributed by atoms with Crippen molar-refractivity contribution < 1.29 is 50.4 Å². The van der Waals surface area contributed by atoms with Gasteiger partial charge in [-0.1, -0.05) is 13.8 Å². The van der Waals surface area contributed by atoms with Gasteiger partial charge in [-0.25, -0.2) is 0 Å². The second-order valence-corrected chi connectivity index (χ2v) is 8.10. The Kier molecular flexibility index (Phi) is 38.5. The molecule has 0 bridgehead atoms. The first kappa shape index (κ1) is 35.1. The van der Waals surface area contributed by atoms with Crippen molar-refractivity contribution in [2.24, 2.45) is 0 Å². The zero-order valence-electron chi connectivity index (χ0n) is 13.0. The number of rotatable bonds is 0. The van der Waals surface area contributed by atoms with Crippen LogP contribution in [0.1, 0.15) is 26.7 Å². The molecule has 0 aliphatic rings. The van der Waals surface area contributed by atoms with Crippen molar-refractivity contribution in [2.75, 3.05) is 0 Å². The minimum absolute atomic E-state index is 0. The van der Waals surface area contributed by atoms with Crippen molar-refractivity contribution >= 4 is 37.1 Å². The van der Waals surface area contributed by atoms with Crippen LogP contribution in [0.5, 0.6) is 0 Å².